The number of hydrogen-bond donors (Lipinski definition) is 1. The lowest BCUT2D eigenvalue weighted by atomic mass is 9.85. The minimum Gasteiger partial charge on any atom is -0.392 e. The van der Waals surface area contributed by atoms with E-state index in [9.17, 15) is 5.11 Å². The molecule has 1 saturated heterocycles. The van der Waals surface area contributed by atoms with Gasteiger partial charge in [-0.15, -0.1) is 0 Å². The Morgan fingerprint density at radius 3 is 2.80 bits per heavy atom. The minimum absolute atomic E-state index is 0.108. The zero-order valence-electron chi connectivity index (χ0n) is 12.7. The maximum atomic E-state index is 9.50. The van der Waals surface area contributed by atoms with Gasteiger partial charge in [0.15, 0.2) is 0 Å². The van der Waals surface area contributed by atoms with Crippen molar-refractivity contribution in [3.05, 3.63) is 23.4 Å². The van der Waals surface area contributed by atoms with Crippen molar-refractivity contribution < 1.29 is 5.11 Å². The largest absolute Gasteiger partial charge is 0.392 e. The fraction of sp³-hybridized carbons (Fsp3) is 0.706. The number of hydrogen-bond acceptors (Lipinski definition) is 3. The van der Waals surface area contributed by atoms with Crippen molar-refractivity contribution in [2.45, 2.75) is 64.5 Å². The monoisotopic (exact) mass is 274 g/mol. The van der Waals surface area contributed by atoms with Crippen molar-refractivity contribution in [2.75, 3.05) is 11.4 Å². The van der Waals surface area contributed by atoms with Crippen molar-refractivity contribution in [2.24, 2.45) is 5.92 Å². The summed E-state index contributed by atoms with van der Waals surface area (Å²) in [6.45, 7) is 5.58. The molecule has 2 aliphatic rings. The van der Waals surface area contributed by atoms with E-state index in [4.69, 9.17) is 4.98 Å². The highest BCUT2D eigenvalue weighted by Gasteiger charge is 2.36. The van der Waals surface area contributed by atoms with Gasteiger partial charge < -0.3 is 10.0 Å². The van der Waals surface area contributed by atoms with Crippen LogP contribution in [0.5, 0.6) is 0 Å². The van der Waals surface area contributed by atoms with Gasteiger partial charge in [0.1, 0.15) is 5.82 Å². The molecule has 2 fully saturated rings. The topological polar surface area (TPSA) is 36.4 Å². The molecule has 2 atom stereocenters. The summed E-state index contributed by atoms with van der Waals surface area (Å²) in [6.07, 6.45) is 6.77. The lowest BCUT2D eigenvalue weighted by Gasteiger charge is -2.33. The lowest BCUT2D eigenvalue weighted by molar-refractivity contribution is 0.281. The van der Waals surface area contributed by atoms with Crippen molar-refractivity contribution in [3.8, 4) is 0 Å². The molecule has 3 nitrogen and oxygen atoms in total. The Hall–Kier alpha value is -1.09. The Labute approximate surface area is 122 Å². The van der Waals surface area contributed by atoms with Gasteiger partial charge in [-0.2, -0.15) is 0 Å². The summed E-state index contributed by atoms with van der Waals surface area (Å²) in [7, 11) is 0. The van der Waals surface area contributed by atoms with Gasteiger partial charge in [0.25, 0.3) is 0 Å². The highest BCUT2D eigenvalue weighted by molar-refractivity contribution is 5.45. The van der Waals surface area contributed by atoms with Gasteiger partial charge in [0.05, 0.1) is 6.61 Å². The molecule has 3 heteroatoms. The molecule has 0 aromatic carbocycles. The van der Waals surface area contributed by atoms with Crippen LogP contribution in [0.4, 0.5) is 5.82 Å². The summed E-state index contributed by atoms with van der Waals surface area (Å²) in [4.78, 5) is 7.38. The minimum atomic E-state index is 0.108. The molecule has 0 radical (unpaired) electrons. The van der Waals surface area contributed by atoms with Crippen LogP contribution in [0.2, 0.25) is 0 Å². The highest BCUT2D eigenvalue weighted by Crippen LogP contribution is 2.38. The van der Waals surface area contributed by atoms with Crippen LogP contribution in [0.25, 0.3) is 0 Å². The molecule has 1 aliphatic heterocycles. The van der Waals surface area contributed by atoms with Crippen LogP contribution in [0.15, 0.2) is 12.1 Å². The number of pyridine rings is 1. The maximum Gasteiger partial charge on any atom is 0.129 e. The number of anilines is 1. The summed E-state index contributed by atoms with van der Waals surface area (Å²) < 4.78 is 0. The molecule has 20 heavy (non-hydrogen) atoms. The van der Waals surface area contributed by atoms with Crippen molar-refractivity contribution >= 4 is 5.82 Å². The van der Waals surface area contributed by atoms with Gasteiger partial charge in [0, 0.05) is 18.3 Å². The summed E-state index contributed by atoms with van der Waals surface area (Å²) in [5, 5.41) is 9.50. The summed E-state index contributed by atoms with van der Waals surface area (Å²) in [5.41, 5.74) is 2.10. The average molecular weight is 274 g/mol. The van der Waals surface area contributed by atoms with Crippen LogP contribution in [0.1, 0.15) is 63.1 Å². The fourth-order valence-electron chi connectivity index (χ4n) is 3.82. The zero-order chi connectivity index (χ0) is 14.1. The van der Waals surface area contributed by atoms with E-state index in [0.717, 1.165) is 29.5 Å². The number of aliphatic hydroxyl groups excluding tert-OH is 1. The van der Waals surface area contributed by atoms with Gasteiger partial charge in [-0.1, -0.05) is 26.7 Å². The molecule has 1 aromatic rings. The van der Waals surface area contributed by atoms with Crippen molar-refractivity contribution in [1.82, 2.24) is 4.98 Å². The van der Waals surface area contributed by atoms with Crippen molar-refractivity contribution in [1.29, 1.82) is 0 Å². The second-order valence-corrected chi connectivity index (χ2v) is 6.67. The van der Waals surface area contributed by atoms with Crippen LogP contribution in [0.3, 0.4) is 0 Å². The molecule has 0 bridgehead atoms. The molecule has 0 spiro atoms. The smallest absolute Gasteiger partial charge is 0.129 e. The van der Waals surface area contributed by atoms with E-state index in [-0.39, 0.29) is 6.61 Å². The highest BCUT2D eigenvalue weighted by atomic mass is 16.3. The van der Waals surface area contributed by atoms with E-state index in [1.807, 2.05) is 6.07 Å². The predicted octanol–water partition coefficient (Wildman–Crippen LogP) is 3.47. The molecule has 1 aliphatic carbocycles. The Bertz CT molecular complexity index is 472. The summed E-state index contributed by atoms with van der Waals surface area (Å²) in [5.74, 6) is 2.37. The Morgan fingerprint density at radius 2 is 2.05 bits per heavy atom. The standard InChI is InChI=1S/C17H26N2O/c1-12(2)15-9-13(11-20)10-17(18-15)19-8-7-14-5-3-4-6-16(14)19/h9-10,12,14,16,20H,3-8,11H2,1-2H3. The average Bonchev–Trinajstić information content (AvgIpc) is 2.90. The molecule has 2 unspecified atom stereocenters. The van der Waals surface area contributed by atoms with E-state index in [2.05, 4.69) is 24.8 Å². The summed E-state index contributed by atoms with van der Waals surface area (Å²) >= 11 is 0. The number of fused-ring (bicyclic) bond motifs is 1. The third kappa shape index (κ3) is 2.56. The first kappa shape index (κ1) is 13.9. The van der Waals surface area contributed by atoms with Crippen molar-refractivity contribution in [3.63, 3.8) is 0 Å². The number of nitrogens with zero attached hydrogens (tertiary/aromatic N) is 2. The first-order valence-corrected chi connectivity index (χ1v) is 8.07. The first-order chi connectivity index (χ1) is 9.69. The van der Waals surface area contributed by atoms with Crippen LogP contribution in [-0.2, 0) is 6.61 Å². The van der Waals surface area contributed by atoms with E-state index < -0.39 is 0 Å². The predicted molar refractivity (Wildman–Crippen MR) is 82.0 cm³/mol. The Morgan fingerprint density at radius 1 is 1.25 bits per heavy atom. The molecule has 3 rings (SSSR count). The van der Waals surface area contributed by atoms with Gasteiger partial charge in [-0.25, -0.2) is 4.98 Å². The zero-order valence-corrected chi connectivity index (χ0v) is 12.7. The van der Waals surface area contributed by atoms with E-state index >= 15 is 0 Å². The van der Waals surface area contributed by atoms with Crippen LogP contribution in [-0.4, -0.2) is 22.7 Å². The second-order valence-electron chi connectivity index (χ2n) is 6.67. The SMILES string of the molecule is CC(C)c1cc(CO)cc(N2CCC3CCCCC32)n1. The van der Waals surface area contributed by atoms with E-state index in [1.54, 1.807) is 0 Å². The molecular formula is C17H26N2O. The van der Waals surface area contributed by atoms with E-state index in [1.165, 1.54) is 32.1 Å². The first-order valence-electron chi connectivity index (χ1n) is 8.07. The maximum absolute atomic E-state index is 9.50. The molecule has 0 amide bonds. The second kappa shape index (κ2) is 5.72. The van der Waals surface area contributed by atoms with Gasteiger partial charge >= 0.3 is 0 Å². The summed E-state index contributed by atoms with van der Waals surface area (Å²) in [6, 6.07) is 4.82. The number of rotatable bonds is 3. The van der Waals surface area contributed by atoms with Crippen LogP contribution >= 0.6 is 0 Å². The Balaban J connectivity index is 1.91. The third-order valence-electron chi connectivity index (χ3n) is 4.97. The normalized spacial score (nSPS) is 26.1. The van der Waals surface area contributed by atoms with Crippen LogP contribution < -0.4 is 4.90 Å². The number of aromatic nitrogens is 1. The molecule has 1 saturated carbocycles. The third-order valence-corrected chi connectivity index (χ3v) is 4.97. The molecule has 1 N–H and O–H groups in total. The fourth-order valence-corrected chi connectivity index (χ4v) is 3.82. The molecule has 1 aromatic heterocycles. The van der Waals surface area contributed by atoms with Gasteiger partial charge in [-0.05, 0) is 48.8 Å². The number of aliphatic hydroxyl groups is 1. The lowest BCUT2D eigenvalue weighted by Crippen LogP contribution is -2.35. The molecule has 110 valence electrons. The molecular weight excluding hydrogens is 248 g/mol. The van der Waals surface area contributed by atoms with Gasteiger partial charge in [0.2, 0.25) is 0 Å². The van der Waals surface area contributed by atoms with E-state index in [0.29, 0.717) is 12.0 Å². The van der Waals surface area contributed by atoms with Crippen LogP contribution in [0, 0.1) is 5.92 Å². The molecule has 2 heterocycles. The Kier molecular flexibility index (Phi) is 3.97. The van der Waals surface area contributed by atoms with Gasteiger partial charge in [-0.3, -0.25) is 0 Å². The quantitative estimate of drug-likeness (QED) is 0.917.